The molecule has 5 rings (SSSR count). The Morgan fingerprint density at radius 2 is 1.74 bits per heavy atom. The first-order valence-electron chi connectivity index (χ1n) is 14.1. The summed E-state index contributed by atoms with van der Waals surface area (Å²) >= 11 is 0. The van der Waals surface area contributed by atoms with Crippen LogP contribution in [0.25, 0.3) is 11.1 Å². The van der Waals surface area contributed by atoms with Crippen LogP contribution >= 0.6 is 0 Å². The predicted octanol–water partition coefficient (Wildman–Crippen LogP) is 5.05. The summed E-state index contributed by atoms with van der Waals surface area (Å²) in [5.74, 6) is 0. The molecule has 1 aromatic heterocycles. The number of nitrogens with one attached hydrogen (secondary N) is 3. The van der Waals surface area contributed by atoms with Crippen molar-refractivity contribution in [2.75, 3.05) is 36.8 Å². The van der Waals surface area contributed by atoms with Gasteiger partial charge in [-0.25, -0.2) is 5.43 Å². The van der Waals surface area contributed by atoms with Crippen molar-refractivity contribution in [3.63, 3.8) is 0 Å². The number of aromatic nitrogens is 1. The van der Waals surface area contributed by atoms with E-state index in [1.54, 1.807) is 0 Å². The SMILES string of the molecule is Cc1cc(C)c(CNN(O)c2cc(-c3ccc(CN4CCOCC4)cc3)cc(NC3CCCC3)c2C)c(=O)[nH]1. The fourth-order valence-electron chi connectivity index (χ4n) is 5.69. The molecule has 1 saturated carbocycles. The minimum atomic E-state index is -0.139. The second kappa shape index (κ2) is 12.3. The number of hydrazine groups is 1. The van der Waals surface area contributed by atoms with Gasteiger partial charge < -0.3 is 15.0 Å². The van der Waals surface area contributed by atoms with Gasteiger partial charge >= 0.3 is 0 Å². The molecule has 3 aromatic rings. The van der Waals surface area contributed by atoms with Crippen molar-refractivity contribution >= 4 is 11.4 Å². The van der Waals surface area contributed by atoms with Gasteiger partial charge in [0.1, 0.15) is 0 Å². The first-order chi connectivity index (χ1) is 18.9. The van der Waals surface area contributed by atoms with Crippen LogP contribution in [0.3, 0.4) is 0 Å². The Bertz CT molecular complexity index is 1330. The quantitative estimate of drug-likeness (QED) is 0.287. The number of anilines is 2. The highest BCUT2D eigenvalue weighted by atomic mass is 16.5. The molecular weight excluding hydrogens is 490 g/mol. The molecule has 208 valence electrons. The minimum absolute atomic E-state index is 0.139. The van der Waals surface area contributed by atoms with Gasteiger partial charge in [0.2, 0.25) is 0 Å². The first-order valence-corrected chi connectivity index (χ1v) is 14.1. The van der Waals surface area contributed by atoms with Gasteiger partial charge in [-0.3, -0.25) is 14.9 Å². The van der Waals surface area contributed by atoms with E-state index >= 15 is 0 Å². The summed E-state index contributed by atoms with van der Waals surface area (Å²) in [6.45, 7) is 10.5. The van der Waals surface area contributed by atoms with Gasteiger partial charge in [-0.1, -0.05) is 37.1 Å². The van der Waals surface area contributed by atoms with E-state index in [4.69, 9.17) is 4.74 Å². The maximum atomic E-state index is 12.5. The van der Waals surface area contributed by atoms with Crippen LogP contribution in [0.2, 0.25) is 0 Å². The van der Waals surface area contributed by atoms with E-state index in [0.717, 1.165) is 84.5 Å². The summed E-state index contributed by atoms with van der Waals surface area (Å²) in [4.78, 5) is 17.8. The molecule has 0 bridgehead atoms. The average Bonchev–Trinajstić information content (AvgIpc) is 3.43. The lowest BCUT2D eigenvalue weighted by Gasteiger charge is -2.26. The minimum Gasteiger partial charge on any atom is -0.382 e. The number of rotatable bonds is 9. The van der Waals surface area contributed by atoms with Crippen LogP contribution in [0.4, 0.5) is 11.4 Å². The first kappa shape index (κ1) is 27.4. The van der Waals surface area contributed by atoms with Crippen LogP contribution in [0.5, 0.6) is 0 Å². The number of ether oxygens (including phenoxy) is 1. The zero-order valence-electron chi connectivity index (χ0n) is 23.3. The van der Waals surface area contributed by atoms with E-state index in [1.807, 2.05) is 32.9 Å². The zero-order valence-corrected chi connectivity index (χ0v) is 23.3. The zero-order chi connectivity index (χ0) is 27.4. The smallest absolute Gasteiger partial charge is 0.252 e. The number of H-pyrrole nitrogens is 1. The molecule has 0 atom stereocenters. The number of benzene rings is 2. The molecule has 8 heteroatoms. The van der Waals surface area contributed by atoms with Gasteiger partial charge in [0.05, 0.1) is 18.9 Å². The van der Waals surface area contributed by atoms with Crippen molar-refractivity contribution in [1.29, 1.82) is 0 Å². The van der Waals surface area contributed by atoms with Crippen LogP contribution in [-0.4, -0.2) is 47.4 Å². The molecule has 2 aromatic carbocycles. The van der Waals surface area contributed by atoms with E-state index in [1.165, 1.54) is 18.4 Å². The number of hydrogen-bond acceptors (Lipinski definition) is 7. The summed E-state index contributed by atoms with van der Waals surface area (Å²) < 4.78 is 5.48. The molecule has 8 nitrogen and oxygen atoms in total. The van der Waals surface area contributed by atoms with Crippen LogP contribution < -0.4 is 21.5 Å². The number of pyridine rings is 1. The molecule has 1 saturated heterocycles. The Hall–Kier alpha value is -3.17. The van der Waals surface area contributed by atoms with E-state index in [9.17, 15) is 10.0 Å². The fourth-order valence-corrected chi connectivity index (χ4v) is 5.69. The van der Waals surface area contributed by atoms with Gasteiger partial charge in [0.25, 0.3) is 5.56 Å². The lowest BCUT2D eigenvalue weighted by atomic mass is 9.99. The highest BCUT2D eigenvalue weighted by Gasteiger charge is 2.20. The summed E-state index contributed by atoms with van der Waals surface area (Å²) in [5.41, 5.74) is 11.3. The monoisotopic (exact) mass is 531 g/mol. The summed E-state index contributed by atoms with van der Waals surface area (Å²) in [6, 6.07) is 15.3. The van der Waals surface area contributed by atoms with E-state index in [-0.39, 0.29) is 12.1 Å². The lowest BCUT2D eigenvalue weighted by molar-refractivity contribution is 0.0342. The molecule has 0 amide bonds. The molecule has 0 radical (unpaired) electrons. The average molecular weight is 532 g/mol. The molecule has 1 aliphatic carbocycles. The second-order valence-electron chi connectivity index (χ2n) is 11.0. The van der Waals surface area contributed by atoms with Crippen LogP contribution in [-0.2, 0) is 17.8 Å². The highest BCUT2D eigenvalue weighted by molar-refractivity contribution is 5.78. The summed E-state index contributed by atoms with van der Waals surface area (Å²) in [6.07, 6.45) is 4.80. The fraction of sp³-hybridized carbons (Fsp3) is 0.452. The molecule has 0 spiro atoms. The summed E-state index contributed by atoms with van der Waals surface area (Å²) in [7, 11) is 0. The lowest BCUT2D eigenvalue weighted by Crippen LogP contribution is -2.37. The van der Waals surface area contributed by atoms with Crippen molar-refractivity contribution in [3.05, 3.63) is 80.8 Å². The number of hydrogen-bond donors (Lipinski definition) is 4. The molecule has 0 unspecified atom stereocenters. The number of morpholine rings is 1. The standard InChI is InChI=1S/C31H41N5O3/c1-21-16-22(2)33-31(37)28(21)19-32-36(38)30-18-26(17-29(23(30)3)34-27-6-4-5-7-27)25-10-8-24(9-11-25)20-35-12-14-39-15-13-35/h8-11,16-18,27,32,34,38H,4-7,12-15,19-20H2,1-3H3,(H,33,37). The number of aromatic amines is 1. The topological polar surface area (TPSA) is 92.9 Å². The maximum absolute atomic E-state index is 12.5. The summed E-state index contributed by atoms with van der Waals surface area (Å²) in [5, 5.41) is 15.9. The normalized spacial score (nSPS) is 16.5. The van der Waals surface area contributed by atoms with Gasteiger partial charge in [0, 0.05) is 49.2 Å². The largest absolute Gasteiger partial charge is 0.382 e. The van der Waals surface area contributed by atoms with Crippen molar-refractivity contribution in [1.82, 2.24) is 15.3 Å². The molecule has 2 heterocycles. The Labute approximate surface area is 230 Å². The van der Waals surface area contributed by atoms with Crippen molar-refractivity contribution < 1.29 is 9.94 Å². The predicted molar refractivity (Wildman–Crippen MR) is 156 cm³/mol. The van der Waals surface area contributed by atoms with E-state index < -0.39 is 0 Å². The molecule has 2 aliphatic rings. The molecule has 1 aliphatic heterocycles. The van der Waals surface area contributed by atoms with Crippen molar-refractivity contribution in [3.8, 4) is 11.1 Å². The highest BCUT2D eigenvalue weighted by Crippen LogP contribution is 2.35. The third-order valence-electron chi connectivity index (χ3n) is 8.02. The number of aryl methyl sites for hydroxylation is 2. The third kappa shape index (κ3) is 6.70. The maximum Gasteiger partial charge on any atom is 0.252 e. The number of nitrogens with zero attached hydrogens (tertiary/aromatic N) is 2. The van der Waals surface area contributed by atoms with Crippen LogP contribution in [0.1, 0.15) is 53.6 Å². The Morgan fingerprint density at radius 1 is 1.03 bits per heavy atom. The van der Waals surface area contributed by atoms with Gasteiger partial charge in [-0.2, -0.15) is 5.17 Å². The van der Waals surface area contributed by atoms with Crippen molar-refractivity contribution in [2.45, 2.75) is 65.6 Å². The van der Waals surface area contributed by atoms with Gasteiger partial charge in [-0.15, -0.1) is 0 Å². The Kier molecular flexibility index (Phi) is 8.67. The molecule has 2 fully saturated rings. The molecule has 39 heavy (non-hydrogen) atoms. The van der Waals surface area contributed by atoms with Gasteiger partial charge in [-0.05, 0) is 79.6 Å². The van der Waals surface area contributed by atoms with E-state index in [2.05, 4.69) is 51.0 Å². The van der Waals surface area contributed by atoms with Crippen molar-refractivity contribution in [2.24, 2.45) is 0 Å². The van der Waals surface area contributed by atoms with Gasteiger partial charge in [0.15, 0.2) is 0 Å². The Morgan fingerprint density at radius 3 is 2.44 bits per heavy atom. The van der Waals surface area contributed by atoms with Crippen LogP contribution in [0.15, 0.2) is 47.3 Å². The third-order valence-corrected chi connectivity index (χ3v) is 8.02. The van der Waals surface area contributed by atoms with E-state index in [0.29, 0.717) is 17.3 Å². The molecule has 4 N–H and O–H groups in total. The molecular formula is C31H41N5O3. The Balaban J connectivity index is 1.40. The second-order valence-corrected chi connectivity index (χ2v) is 11.0. The van der Waals surface area contributed by atoms with Crippen LogP contribution in [0, 0.1) is 20.8 Å².